The van der Waals surface area contributed by atoms with Gasteiger partial charge in [0.1, 0.15) is 0 Å². The van der Waals surface area contributed by atoms with Gasteiger partial charge in [-0.2, -0.15) is 26.3 Å². The highest BCUT2D eigenvalue weighted by Crippen LogP contribution is 2.64. The van der Waals surface area contributed by atoms with Crippen LogP contribution in [0.2, 0.25) is 0 Å². The number of alkyl halides is 6. The molecule has 1 nitrogen and oxygen atoms in total. The van der Waals surface area contributed by atoms with Crippen LogP contribution in [0.1, 0.15) is 51.4 Å². The fraction of sp³-hybridized carbons (Fsp3) is 1.00. The van der Waals surface area contributed by atoms with Crippen LogP contribution < -0.4 is 0 Å². The molecule has 3 fully saturated rings. The van der Waals surface area contributed by atoms with E-state index in [1.54, 1.807) is 0 Å². The van der Waals surface area contributed by atoms with E-state index >= 15 is 0 Å². The van der Waals surface area contributed by atoms with E-state index in [0.29, 0.717) is 38.5 Å². The first kappa shape index (κ1) is 17.4. The maximum atomic E-state index is 13.4. The number of aliphatic hydroxyl groups is 1. The Morgan fingerprint density at radius 2 is 0.870 bits per heavy atom. The molecule has 5 atom stereocenters. The van der Waals surface area contributed by atoms with Crippen molar-refractivity contribution in [3.63, 3.8) is 0 Å². The Morgan fingerprint density at radius 1 is 0.565 bits per heavy atom. The summed E-state index contributed by atoms with van der Waals surface area (Å²) in [5, 5.41) is 10.0. The summed E-state index contributed by atoms with van der Waals surface area (Å²) in [6.07, 6.45) is -6.18. The van der Waals surface area contributed by atoms with Crippen LogP contribution in [0.15, 0.2) is 0 Å². The molecule has 3 aliphatic rings. The average Bonchev–Trinajstić information content (AvgIpc) is 2.79. The Hall–Kier alpha value is -0.460. The second-order valence-corrected chi connectivity index (χ2v) is 7.51. The van der Waals surface area contributed by atoms with Crippen LogP contribution >= 0.6 is 0 Å². The molecule has 7 heteroatoms. The summed E-state index contributed by atoms with van der Waals surface area (Å²) in [6, 6.07) is 0. The zero-order valence-corrected chi connectivity index (χ0v) is 12.8. The average molecular weight is 344 g/mol. The van der Waals surface area contributed by atoms with Gasteiger partial charge >= 0.3 is 12.4 Å². The quantitative estimate of drug-likeness (QED) is 0.657. The number of halogens is 6. The second kappa shape index (κ2) is 5.53. The first-order valence-electron chi connectivity index (χ1n) is 8.45. The van der Waals surface area contributed by atoms with Gasteiger partial charge in [-0.05, 0) is 49.4 Å². The molecule has 0 heterocycles. The van der Waals surface area contributed by atoms with Gasteiger partial charge in [0.2, 0.25) is 0 Å². The number of rotatable bonds is 1. The number of hydrogen-bond donors (Lipinski definition) is 1. The molecular formula is C16H22F6O. The highest BCUT2D eigenvalue weighted by Gasteiger charge is 2.77. The lowest BCUT2D eigenvalue weighted by atomic mass is 9.68. The molecule has 0 radical (unpaired) electrons. The van der Waals surface area contributed by atoms with Crippen molar-refractivity contribution in [3.8, 4) is 0 Å². The van der Waals surface area contributed by atoms with Gasteiger partial charge in [-0.1, -0.05) is 25.7 Å². The smallest absolute Gasteiger partial charge is 0.373 e. The highest BCUT2D eigenvalue weighted by molar-refractivity contribution is 5.11. The van der Waals surface area contributed by atoms with Crippen LogP contribution in [-0.2, 0) is 0 Å². The topological polar surface area (TPSA) is 20.2 Å². The SMILES string of the molecule is OC(C1C2CCCCC2C2CCCC[C@@H]21)(C(F)(F)F)C(F)(F)F. The zero-order valence-electron chi connectivity index (χ0n) is 12.8. The molecule has 134 valence electrons. The zero-order chi connectivity index (χ0) is 17.0. The Labute approximate surface area is 131 Å². The van der Waals surface area contributed by atoms with E-state index in [1.807, 2.05) is 0 Å². The predicted octanol–water partition coefficient (Wildman–Crippen LogP) is 5.08. The van der Waals surface area contributed by atoms with Crippen LogP contribution in [0.25, 0.3) is 0 Å². The molecule has 0 amide bonds. The van der Waals surface area contributed by atoms with Gasteiger partial charge in [-0.3, -0.25) is 0 Å². The second-order valence-electron chi connectivity index (χ2n) is 7.51. The lowest BCUT2D eigenvalue weighted by molar-refractivity contribution is -0.392. The standard InChI is InChI=1S/C16H22F6O/c17-15(18,19)14(23,16(20,21)22)13-11-7-3-1-5-9(11)10-6-2-4-8-12(10)13/h9-13,23H,1-8H2/t9?,10?,11-,12?,13?/m0/s1. The lowest BCUT2D eigenvalue weighted by Gasteiger charge is -2.44. The summed E-state index contributed by atoms with van der Waals surface area (Å²) in [5.74, 6) is -3.24. The van der Waals surface area contributed by atoms with Crippen LogP contribution in [-0.4, -0.2) is 23.1 Å². The molecule has 0 bridgehead atoms. The molecular weight excluding hydrogens is 322 g/mol. The molecule has 4 unspecified atom stereocenters. The van der Waals surface area contributed by atoms with Gasteiger partial charge in [-0.25, -0.2) is 0 Å². The van der Waals surface area contributed by atoms with Crippen molar-refractivity contribution in [3.05, 3.63) is 0 Å². The third-order valence-corrected chi connectivity index (χ3v) is 6.57. The van der Waals surface area contributed by atoms with Crippen molar-refractivity contribution in [2.75, 3.05) is 0 Å². The molecule has 23 heavy (non-hydrogen) atoms. The van der Waals surface area contributed by atoms with E-state index in [9.17, 15) is 31.4 Å². The summed E-state index contributed by atoms with van der Waals surface area (Å²) in [7, 11) is 0. The summed E-state index contributed by atoms with van der Waals surface area (Å²) in [4.78, 5) is 0. The number of fused-ring (bicyclic) bond motifs is 3. The van der Waals surface area contributed by atoms with Gasteiger partial charge in [-0.15, -0.1) is 0 Å². The normalized spacial score (nSPS) is 39.0. The largest absolute Gasteiger partial charge is 0.426 e. The predicted molar refractivity (Wildman–Crippen MR) is 71.4 cm³/mol. The molecule has 0 saturated heterocycles. The Kier molecular flexibility index (Phi) is 4.17. The molecule has 0 aromatic heterocycles. The highest BCUT2D eigenvalue weighted by atomic mass is 19.4. The minimum atomic E-state index is -5.69. The minimum absolute atomic E-state index is 0.0877. The van der Waals surface area contributed by atoms with Gasteiger partial charge in [0, 0.05) is 5.92 Å². The van der Waals surface area contributed by atoms with E-state index in [1.165, 1.54) is 0 Å². The van der Waals surface area contributed by atoms with Gasteiger partial charge < -0.3 is 5.11 Å². The lowest BCUT2D eigenvalue weighted by Crippen LogP contribution is -2.64. The van der Waals surface area contributed by atoms with Crippen molar-refractivity contribution >= 4 is 0 Å². The maximum Gasteiger partial charge on any atom is 0.426 e. The van der Waals surface area contributed by atoms with Crippen molar-refractivity contribution in [2.45, 2.75) is 69.3 Å². The third kappa shape index (κ3) is 2.48. The monoisotopic (exact) mass is 344 g/mol. The van der Waals surface area contributed by atoms with Gasteiger partial charge in [0.15, 0.2) is 0 Å². The molecule has 1 N–H and O–H groups in total. The van der Waals surface area contributed by atoms with Crippen molar-refractivity contribution in [1.82, 2.24) is 0 Å². The summed E-state index contributed by atoms with van der Waals surface area (Å²) < 4.78 is 80.4. The molecule has 0 aliphatic heterocycles. The van der Waals surface area contributed by atoms with Crippen LogP contribution in [0, 0.1) is 29.6 Å². The number of hydrogen-bond acceptors (Lipinski definition) is 1. The molecule has 3 rings (SSSR count). The summed E-state index contributed by atoms with van der Waals surface area (Å²) in [6.45, 7) is 0. The van der Waals surface area contributed by atoms with Gasteiger partial charge in [0.05, 0.1) is 0 Å². The van der Waals surface area contributed by atoms with E-state index in [2.05, 4.69) is 0 Å². The molecule has 0 spiro atoms. The van der Waals surface area contributed by atoms with E-state index in [0.717, 1.165) is 12.8 Å². The minimum Gasteiger partial charge on any atom is -0.373 e. The van der Waals surface area contributed by atoms with Gasteiger partial charge in [0.25, 0.3) is 5.60 Å². The molecule has 0 aromatic carbocycles. The van der Waals surface area contributed by atoms with Crippen LogP contribution in [0.3, 0.4) is 0 Å². The van der Waals surface area contributed by atoms with E-state index in [4.69, 9.17) is 0 Å². The van der Waals surface area contributed by atoms with E-state index in [-0.39, 0.29) is 11.8 Å². The molecule has 3 aliphatic carbocycles. The Balaban J connectivity index is 2.07. The first-order chi connectivity index (χ1) is 10.6. The van der Waals surface area contributed by atoms with Crippen LogP contribution in [0.4, 0.5) is 26.3 Å². The first-order valence-corrected chi connectivity index (χ1v) is 8.45. The fourth-order valence-electron chi connectivity index (χ4n) is 5.81. The third-order valence-electron chi connectivity index (χ3n) is 6.57. The van der Waals surface area contributed by atoms with Crippen molar-refractivity contribution in [1.29, 1.82) is 0 Å². The van der Waals surface area contributed by atoms with Crippen molar-refractivity contribution < 1.29 is 31.4 Å². The van der Waals surface area contributed by atoms with Crippen molar-refractivity contribution in [2.24, 2.45) is 29.6 Å². The van der Waals surface area contributed by atoms with E-state index < -0.39 is 35.7 Å². The summed E-state index contributed by atoms with van der Waals surface area (Å²) in [5.41, 5.74) is -4.57. The van der Waals surface area contributed by atoms with Crippen LogP contribution in [0.5, 0.6) is 0 Å². The Bertz CT molecular complexity index is 407. The Morgan fingerprint density at radius 3 is 1.17 bits per heavy atom. The molecule has 0 aromatic rings. The maximum absolute atomic E-state index is 13.4. The fourth-order valence-corrected chi connectivity index (χ4v) is 5.81. The summed E-state index contributed by atoms with van der Waals surface area (Å²) >= 11 is 0. The molecule has 3 saturated carbocycles.